The molecule has 0 aliphatic heterocycles. The molecule has 0 bridgehead atoms. The maximum atomic E-state index is 10.8. The molecule has 4 nitrogen and oxygen atoms in total. The van der Waals surface area contributed by atoms with Crippen LogP contribution in [0.2, 0.25) is 0 Å². The first-order valence-electron chi connectivity index (χ1n) is 5.21. The Morgan fingerprint density at radius 3 is 3.07 bits per heavy atom. The van der Waals surface area contributed by atoms with Crippen LogP contribution in [0.15, 0.2) is 16.7 Å². The average Bonchev–Trinajstić information content (AvgIpc) is 2.93. The van der Waals surface area contributed by atoms with Gasteiger partial charge in [-0.3, -0.25) is 0 Å². The predicted octanol–water partition coefficient (Wildman–Crippen LogP) is 1.87. The average molecular weight is 209 g/mol. The molecule has 0 radical (unpaired) electrons. The number of hydrogen-bond donors (Lipinski definition) is 2. The van der Waals surface area contributed by atoms with E-state index in [-0.39, 0.29) is 5.76 Å². The van der Waals surface area contributed by atoms with Crippen molar-refractivity contribution in [1.29, 1.82) is 0 Å². The van der Waals surface area contributed by atoms with E-state index >= 15 is 0 Å². The molecular formula is C11H15NO3. The lowest BCUT2D eigenvalue weighted by molar-refractivity contribution is 0.0660. The van der Waals surface area contributed by atoms with Crippen LogP contribution in [0.5, 0.6) is 0 Å². The fraction of sp³-hybridized carbons (Fsp3) is 0.545. The highest BCUT2D eigenvalue weighted by molar-refractivity contribution is 5.86. The third-order valence-electron chi connectivity index (χ3n) is 2.88. The van der Waals surface area contributed by atoms with E-state index in [0.717, 1.165) is 11.5 Å². The molecule has 1 unspecified atom stereocenters. The molecule has 1 atom stereocenters. The lowest BCUT2D eigenvalue weighted by Crippen LogP contribution is -2.27. The van der Waals surface area contributed by atoms with Crippen LogP contribution in [0, 0.1) is 5.92 Å². The summed E-state index contributed by atoms with van der Waals surface area (Å²) in [6, 6.07) is 2.16. The molecular weight excluding hydrogens is 194 g/mol. The number of carbonyl (C=O) groups is 1. The minimum absolute atomic E-state index is 0.0468. The first-order chi connectivity index (χ1) is 7.18. The second kappa shape index (κ2) is 4.06. The molecule has 1 aliphatic rings. The van der Waals surface area contributed by atoms with Crippen LogP contribution in [-0.2, 0) is 6.54 Å². The Morgan fingerprint density at radius 2 is 2.47 bits per heavy atom. The number of furan rings is 1. The Morgan fingerprint density at radius 1 is 1.73 bits per heavy atom. The smallest absolute Gasteiger partial charge is 0.372 e. The van der Waals surface area contributed by atoms with E-state index in [1.54, 1.807) is 6.07 Å². The lowest BCUT2D eigenvalue weighted by Gasteiger charge is -2.11. The first kappa shape index (κ1) is 10.2. The number of nitrogens with one attached hydrogen (secondary N) is 1. The largest absolute Gasteiger partial charge is 0.475 e. The second-order valence-corrected chi connectivity index (χ2v) is 4.09. The molecule has 1 aliphatic carbocycles. The topological polar surface area (TPSA) is 62.5 Å². The van der Waals surface area contributed by atoms with Gasteiger partial charge >= 0.3 is 5.97 Å². The lowest BCUT2D eigenvalue weighted by atomic mass is 10.2. The van der Waals surface area contributed by atoms with Gasteiger partial charge in [-0.2, -0.15) is 0 Å². The molecule has 0 spiro atoms. The zero-order valence-electron chi connectivity index (χ0n) is 8.69. The summed E-state index contributed by atoms with van der Waals surface area (Å²) in [6.07, 6.45) is 3.99. The Labute approximate surface area is 88.3 Å². The Bertz CT molecular complexity index is 354. The summed E-state index contributed by atoms with van der Waals surface area (Å²) in [4.78, 5) is 10.8. The molecule has 1 saturated carbocycles. The molecule has 2 N–H and O–H groups in total. The summed E-state index contributed by atoms with van der Waals surface area (Å²) >= 11 is 0. The van der Waals surface area contributed by atoms with E-state index in [4.69, 9.17) is 9.52 Å². The van der Waals surface area contributed by atoms with Gasteiger partial charge in [-0.25, -0.2) is 4.79 Å². The zero-order chi connectivity index (χ0) is 10.8. The van der Waals surface area contributed by atoms with Crippen LogP contribution < -0.4 is 5.32 Å². The molecule has 1 aromatic heterocycles. The Kier molecular flexibility index (Phi) is 2.77. The SMILES string of the molecule is CC(NCc1ccoc1C(=O)O)C1CC1. The van der Waals surface area contributed by atoms with Gasteiger partial charge in [0.2, 0.25) is 5.76 Å². The van der Waals surface area contributed by atoms with Crippen LogP contribution in [0.4, 0.5) is 0 Å². The van der Waals surface area contributed by atoms with Gasteiger partial charge in [0.25, 0.3) is 0 Å². The van der Waals surface area contributed by atoms with Gasteiger partial charge in [-0.1, -0.05) is 0 Å². The number of carboxylic acid groups (broad SMARTS) is 1. The van der Waals surface area contributed by atoms with Crippen LogP contribution in [0.1, 0.15) is 35.9 Å². The van der Waals surface area contributed by atoms with Crippen molar-refractivity contribution in [2.75, 3.05) is 0 Å². The first-order valence-corrected chi connectivity index (χ1v) is 5.21. The summed E-state index contributed by atoms with van der Waals surface area (Å²) in [6.45, 7) is 2.70. The number of rotatable bonds is 5. The molecule has 4 heteroatoms. The van der Waals surface area contributed by atoms with Gasteiger partial charge in [-0.05, 0) is 31.7 Å². The second-order valence-electron chi connectivity index (χ2n) is 4.09. The van der Waals surface area contributed by atoms with Crippen molar-refractivity contribution < 1.29 is 14.3 Å². The van der Waals surface area contributed by atoms with Crippen molar-refractivity contribution in [3.63, 3.8) is 0 Å². The van der Waals surface area contributed by atoms with Gasteiger partial charge in [0.15, 0.2) is 0 Å². The van der Waals surface area contributed by atoms with Crippen LogP contribution in [0.25, 0.3) is 0 Å². The van der Waals surface area contributed by atoms with E-state index in [1.807, 2.05) is 0 Å². The standard InChI is InChI=1S/C11H15NO3/c1-7(8-2-3-8)12-6-9-4-5-15-10(9)11(13)14/h4-5,7-8,12H,2-3,6H2,1H3,(H,13,14). The van der Waals surface area contributed by atoms with Crippen LogP contribution in [0.3, 0.4) is 0 Å². The summed E-state index contributed by atoms with van der Waals surface area (Å²) in [5, 5.41) is 12.1. The molecule has 1 aromatic rings. The molecule has 2 rings (SSSR count). The maximum Gasteiger partial charge on any atom is 0.372 e. The van der Waals surface area contributed by atoms with Crippen molar-refractivity contribution in [2.45, 2.75) is 32.4 Å². The van der Waals surface area contributed by atoms with E-state index in [1.165, 1.54) is 19.1 Å². The van der Waals surface area contributed by atoms with Crippen LogP contribution >= 0.6 is 0 Å². The molecule has 0 amide bonds. The minimum Gasteiger partial charge on any atom is -0.475 e. The highest BCUT2D eigenvalue weighted by atomic mass is 16.4. The number of hydrogen-bond acceptors (Lipinski definition) is 3. The van der Waals surface area contributed by atoms with Gasteiger partial charge in [-0.15, -0.1) is 0 Å². The summed E-state index contributed by atoms with van der Waals surface area (Å²) in [5.74, 6) is -0.188. The van der Waals surface area contributed by atoms with E-state index in [9.17, 15) is 4.79 Å². The number of carboxylic acids is 1. The highest BCUT2D eigenvalue weighted by Gasteiger charge is 2.27. The van der Waals surface area contributed by atoms with Gasteiger partial charge in [0, 0.05) is 18.2 Å². The highest BCUT2D eigenvalue weighted by Crippen LogP contribution is 2.32. The van der Waals surface area contributed by atoms with Crippen molar-refractivity contribution in [3.8, 4) is 0 Å². The predicted molar refractivity (Wildman–Crippen MR) is 54.7 cm³/mol. The third kappa shape index (κ3) is 2.39. The molecule has 82 valence electrons. The third-order valence-corrected chi connectivity index (χ3v) is 2.88. The normalized spacial score (nSPS) is 17.7. The molecule has 0 aromatic carbocycles. The van der Waals surface area contributed by atoms with Gasteiger partial charge in [0.1, 0.15) is 0 Å². The molecule has 15 heavy (non-hydrogen) atoms. The number of aromatic carboxylic acids is 1. The fourth-order valence-corrected chi connectivity index (χ4v) is 1.70. The minimum atomic E-state index is -1.00. The molecule has 0 saturated heterocycles. The van der Waals surface area contributed by atoms with Crippen molar-refractivity contribution in [2.24, 2.45) is 5.92 Å². The Hall–Kier alpha value is -1.29. The molecule has 1 fully saturated rings. The fourth-order valence-electron chi connectivity index (χ4n) is 1.70. The Balaban J connectivity index is 1.92. The van der Waals surface area contributed by atoms with Gasteiger partial charge < -0.3 is 14.8 Å². The van der Waals surface area contributed by atoms with Crippen LogP contribution in [-0.4, -0.2) is 17.1 Å². The zero-order valence-corrected chi connectivity index (χ0v) is 8.69. The van der Waals surface area contributed by atoms with Crippen molar-refractivity contribution in [3.05, 3.63) is 23.7 Å². The van der Waals surface area contributed by atoms with E-state index in [0.29, 0.717) is 12.6 Å². The quantitative estimate of drug-likeness (QED) is 0.777. The summed E-state index contributed by atoms with van der Waals surface area (Å²) in [7, 11) is 0. The summed E-state index contributed by atoms with van der Waals surface area (Å²) in [5.41, 5.74) is 0.718. The van der Waals surface area contributed by atoms with Crippen molar-refractivity contribution >= 4 is 5.97 Å². The summed E-state index contributed by atoms with van der Waals surface area (Å²) < 4.78 is 4.89. The monoisotopic (exact) mass is 209 g/mol. The van der Waals surface area contributed by atoms with E-state index in [2.05, 4.69) is 12.2 Å². The van der Waals surface area contributed by atoms with Crippen molar-refractivity contribution in [1.82, 2.24) is 5.32 Å². The van der Waals surface area contributed by atoms with E-state index < -0.39 is 5.97 Å². The maximum absolute atomic E-state index is 10.8. The van der Waals surface area contributed by atoms with Gasteiger partial charge in [0.05, 0.1) is 6.26 Å². The molecule has 1 heterocycles.